The number of guanidine groups is 1. The van der Waals surface area contributed by atoms with E-state index in [9.17, 15) is 96.8 Å². The molecule has 0 saturated carbocycles. The highest BCUT2D eigenvalue weighted by atomic mass is 32.2. The molecule has 112 heavy (non-hydrogen) atoms. The predicted octanol–water partition coefficient (Wildman–Crippen LogP) is -5.22. The third-order valence-corrected chi connectivity index (χ3v) is 18.7. The van der Waals surface area contributed by atoms with Crippen molar-refractivity contribution in [2.45, 2.75) is 237 Å². The van der Waals surface area contributed by atoms with Gasteiger partial charge in [0.15, 0.2) is 5.96 Å². The molecule has 1 aromatic carbocycles. The summed E-state index contributed by atoms with van der Waals surface area (Å²) in [5.74, 6) is -20.4. The lowest BCUT2D eigenvalue weighted by Gasteiger charge is -2.30. The number of thioether (sulfide) groups is 1. The molecule has 0 heterocycles. The zero-order valence-corrected chi connectivity index (χ0v) is 67.0. The number of carbonyl (C=O) groups is 17. The summed E-state index contributed by atoms with van der Waals surface area (Å²) in [5.41, 5.74) is 28.5. The number of aliphatic carboxylic acids is 2. The molecule has 0 aromatic heterocycles. The number of aromatic hydroxyl groups is 1. The fourth-order valence-electron chi connectivity index (χ4n) is 10.7. The van der Waals surface area contributed by atoms with Gasteiger partial charge in [-0.2, -0.15) is 24.4 Å². The maximum absolute atomic E-state index is 14.5. The molecule has 0 saturated heterocycles. The molecule has 0 spiro atoms. The number of nitrogens with one attached hydrogen (secondary N) is 15. The third kappa shape index (κ3) is 37.3. The van der Waals surface area contributed by atoms with Gasteiger partial charge in [0, 0.05) is 31.6 Å². The summed E-state index contributed by atoms with van der Waals surface area (Å²) in [4.78, 5) is 230. The molecule has 0 unspecified atom stereocenters. The second kappa shape index (κ2) is 51.5. The Balaban J connectivity index is 3.61. The van der Waals surface area contributed by atoms with E-state index in [0.717, 1.165) is 0 Å². The molecule has 1 rings (SSSR count). The number of hydrogen-bond donors (Lipinski definition) is 24. The number of thiol groups is 1. The Kier molecular flexibility index (Phi) is 45.9. The van der Waals surface area contributed by atoms with Gasteiger partial charge < -0.3 is 118 Å². The quantitative estimate of drug-likeness (QED) is 0.0125. The highest BCUT2D eigenvalue weighted by Gasteiger charge is 2.40. The Hall–Kier alpha value is -10.1. The van der Waals surface area contributed by atoms with E-state index in [1.54, 1.807) is 34.0 Å². The van der Waals surface area contributed by atoms with Crippen molar-refractivity contribution in [1.82, 2.24) is 74.4 Å². The van der Waals surface area contributed by atoms with Crippen LogP contribution in [-0.4, -0.2) is 237 Å². The van der Waals surface area contributed by atoms with Crippen LogP contribution in [0.5, 0.6) is 5.75 Å². The number of primary amides is 2. The van der Waals surface area contributed by atoms with Crippen molar-refractivity contribution in [1.29, 1.82) is 5.41 Å². The van der Waals surface area contributed by atoms with Gasteiger partial charge in [-0.05, 0) is 125 Å². The van der Waals surface area contributed by atoms with Crippen molar-refractivity contribution in [3.63, 3.8) is 0 Å². The minimum Gasteiger partial charge on any atom is -0.508 e. The van der Waals surface area contributed by atoms with E-state index in [1.807, 2.05) is 0 Å². The van der Waals surface area contributed by atoms with Gasteiger partial charge in [-0.25, -0.2) is 0 Å². The van der Waals surface area contributed by atoms with E-state index in [2.05, 4.69) is 87.1 Å². The number of phenolic OH excluding ortho intramolecular Hbond substituents is 1. The number of nitrogens with two attached hydrogens (primary N) is 5. The number of rotatable bonds is 54. The summed E-state index contributed by atoms with van der Waals surface area (Å²) in [6, 6.07) is -14.9. The maximum Gasteiger partial charge on any atom is 0.325 e. The lowest BCUT2D eigenvalue weighted by molar-refractivity contribution is -0.143. The first-order chi connectivity index (χ1) is 52.4. The number of carbonyl (C=O) groups excluding carboxylic acids is 15. The summed E-state index contributed by atoms with van der Waals surface area (Å²) >= 11 is 5.54. The van der Waals surface area contributed by atoms with Gasteiger partial charge in [0.1, 0.15) is 84.3 Å². The number of unbranched alkanes of at least 4 members (excludes halogenated alkanes) is 1. The standard InChI is InChI=1S/C70H118N20O20S2/c1-12-36(8)55(68(108)85-47(31-51(94)95)63(103)88-52(33(2)3)65(105)79-38(10)69(109)110)90-61(101)45(26-29-112-11)82-58(98)42(16-13-14-27-71)80-59(99)44(23-25-50(74)93)83-66(106)53(34(4)5)89-67(107)54(35(6)7)87-60(100)43(17-15-28-77-70(75)76)81-64(104)48(32-111)86-56(96)37(9)78-62(102)46(30-39-18-20-40(91)21-19-39)84-57(97)41(72)22-24-49(73)92/h18-21,33-38,41-48,52-55,91,111H,12-17,22-32,71-72H2,1-11H3,(H2,73,92)(H2,74,93)(H,78,102)(H,79,105)(H,80,99)(H,81,104)(H,82,98)(H,83,106)(H,84,97)(H,85,108)(H,86,96)(H,87,100)(H,88,103)(H,89,107)(H,90,101)(H,94,95)(H,109,110)(H4,75,76,77)/t36-,37-,38-,41-,42-,43-,44-,45-,46-,47-,48-,52-,53-,54-,55-/m0/s1. The first kappa shape index (κ1) is 99.9. The molecule has 28 N–H and O–H groups in total. The number of benzene rings is 1. The van der Waals surface area contributed by atoms with Crippen LogP contribution in [0.25, 0.3) is 0 Å². The molecule has 0 fully saturated rings. The van der Waals surface area contributed by atoms with Crippen molar-refractivity contribution < 1.29 is 96.8 Å². The van der Waals surface area contributed by atoms with Gasteiger partial charge >= 0.3 is 11.9 Å². The maximum atomic E-state index is 14.5. The second-order valence-electron chi connectivity index (χ2n) is 28.1. The van der Waals surface area contributed by atoms with Gasteiger partial charge in [0.2, 0.25) is 88.6 Å². The molecular weight excluding hydrogens is 1510 g/mol. The molecule has 0 bridgehead atoms. The Morgan fingerprint density at radius 3 is 1.30 bits per heavy atom. The number of carboxylic acid groups (broad SMARTS) is 2. The lowest BCUT2D eigenvalue weighted by Crippen LogP contribution is -2.62. The summed E-state index contributed by atoms with van der Waals surface area (Å²) < 4.78 is 0. The second-order valence-corrected chi connectivity index (χ2v) is 29.5. The van der Waals surface area contributed by atoms with E-state index >= 15 is 0 Å². The largest absolute Gasteiger partial charge is 0.508 e. The first-order valence-electron chi connectivity index (χ1n) is 36.8. The molecule has 40 nitrogen and oxygen atoms in total. The van der Waals surface area contributed by atoms with Gasteiger partial charge in [-0.1, -0.05) is 73.9 Å². The zero-order chi connectivity index (χ0) is 85.4. The first-order valence-corrected chi connectivity index (χ1v) is 38.8. The number of hydrogen-bond acceptors (Lipinski definition) is 23. The van der Waals surface area contributed by atoms with Crippen LogP contribution in [-0.2, 0) is 87.9 Å². The summed E-state index contributed by atoms with van der Waals surface area (Å²) in [6.45, 7) is 15.1. The average Bonchev–Trinajstić information content (AvgIpc) is 0.843. The van der Waals surface area contributed by atoms with Gasteiger partial charge in [-0.3, -0.25) is 86.9 Å². The smallest absolute Gasteiger partial charge is 0.325 e. The van der Waals surface area contributed by atoms with Crippen LogP contribution in [0.2, 0.25) is 0 Å². The number of phenols is 1. The lowest BCUT2D eigenvalue weighted by atomic mass is 9.96. The SMILES string of the molecule is CC[C@H](C)[C@H](NC(=O)[C@H](CCSC)NC(=O)[C@H](CCCCN)NC(=O)[C@H](CCC(N)=O)NC(=O)[C@@H](NC(=O)[C@@H](NC(=O)[C@H](CCCNC(=N)N)NC(=O)[C@H](CS)NC(=O)[C@H](C)NC(=O)[C@H](Cc1ccc(O)cc1)NC(=O)[C@@H](N)CCC(N)=O)C(C)C)C(C)C)C(=O)N[C@@H](CC(=O)O)C(=O)N[C@H](C(=O)N[C@@H](C)C(=O)O)C(C)C. The molecule has 15 atom stereocenters. The predicted molar refractivity (Wildman–Crippen MR) is 416 cm³/mol. The van der Waals surface area contributed by atoms with E-state index < -0.39 is 234 Å². The molecule has 0 aliphatic rings. The minimum atomic E-state index is -1.83. The highest BCUT2D eigenvalue weighted by molar-refractivity contribution is 7.98. The average molecular weight is 1620 g/mol. The van der Waals surface area contributed by atoms with Crippen molar-refractivity contribution >= 4 is 131 Å². The fraction of sp³-hybridized carbons (Fsp3) is 0.657. The summed E-state index contributed by atoms with van der Waals surface area (Å²) in [6.07, 6.45) is -0.271. The van der Waals surface area contributed by atoms with Crippen LogP contribution < -0.4 is 103 Å². The van der Waals surface area contributed by atoms with Gasteiger partial charge in [0.25, 0.3) is 0 Å². The van der Waals surface area contributed by atoms with Crippen LogP contribution in [0.4, 0.5) is 0 Å². The van der Waals surface area contributed by atoms with Gasteiger partial charge in [-0.15, -0.1) is 0 Å². The number of amides is 15. The molecule has 15 amide bonds. The van der Waals surface area contributed by atoms with E-state index in [4.69, 9.17) is 34.1 Å². The summed E-state index contributed by atoms with van der Waals surface area (Å²) in [7, 11) is 0. The van der Waals surface area contributed by atoms with E-state index in [1.165, 1.54) is 77.6 Å². The van der Waals surface area contributed by atoms with Crippen LogP contribution in [0.15, 0.2) is 24.3 Å². The molecule has 630 valence electrons. The Labute approximate surface area is 660 Å². The number of carboxylic acids is 2. The van der Waals surface area contributed by atoms with Crippen LogP contribution >= 0.6 is 24.4 Å². The van der Waals surface area contributed by atoms with Gasteiger partial charge in [0.05, 0.1) is 12.5 Å². The molecule has 1 aromatic rings. The van der Waals surface area contributed by atoms with Crippen LogP contribution in [0, 0.1) is 29.1 Å². The van der Waals surface area contributed by atoms with Crippen molar-refractivity contribution in [3.8, 4) is 5.75 Å². The van der Waals surface area contributed by atoms with Crippen LogP contribution in [0.1, 0.15) is 152 Å². The van der Waals surface area contributed by atoms with Crippen molar-refractivity contribution in [3.05, 3.63) is 29.8 Å². The monoisotopic (exact) mass is 1620 g/mol. The van der Waals surface area contributed by atoms with Crippen LogP contribution in [0.3, 0.4) is 0 Å². The Bertz CT molecular complexity index is 3390. The normalized spacial score (nSPS) is 15.2. The third-order valence-electron chi connectivity index (χ3n) is 17.6. The van der Waals surface area contributed by atoms with E-state index in [-0.39, 0.29) is 88.1 Å². The summed E-state index contributed by atoms with van der Waals surface area (Å²) in [5, 5.41) is 71.8. The Morgan fingerprint density at radius 2 is 0.839 bits per heavy atom. The molecule has 42 heteroatoms. The minimum absolute atomic E-state index is 0.0210. The molecule has 0 radical (unpaired) electrons. The molecule has 0 aliphatic heterocycles. The van der Waals surface area contributed by atoms with Crippen molar-refractivity contribution in [2.24, 2.45) is 52.3 Å². The Morgan fingerprint density at radius 1 is 0.455 bits per heavy atom. The topological polar surface area (TPSA) is 673 Å². The molecule has 0 aliphatic carbocycles. The highest BCUT2D eigenvalue weighted by Crippen LogP contribution is 2.17. The molecular formula is C70H118N20O20S2. The van der Waals surface area contributed by atoms with E-state index in [0.29, 0.717) is 12.0 Å². The van der Waals surface area contributed by atoms with Crippen molar-refractivity contribution in [2.75, 3.05) is 30.9 Å². The zero-order valence-electron chi connectivity index (χ0n) is 65.2. The fourth-order valence-corrected chi connectivity index (χ4v) is 11.4.